The van der Waals surface area contributed by atoms with Crippen molar-refractivity contribution in [2.75, 3.05) is 20.1 Å². The van der Waals surface area contributed by atoms with Gasteiger partial charge in [-0.15, -0.1) is 0 Å². The summed E-state index contributed by atoms with van der Waals surface area (Å²) in [6.07, 6.45) is 0.0456. The Morgan fingerprint density at radius 3 is 2.74 bits per heavy atom. The van der Waals surface area contributed by atoms with Gasteiger partial charge in [-0.1, -0.05) is 0 Å². The highest BCUT2D eigenvalue weighted by Gasteiger charge is 2.49. The van der Waals surface area contributed by atoms with E-state index in [0.717, 1.165) is 6.54 Å². The third-order valence-corrected chi connectivity index (χ3v) is 3.09. The standard InChI is InChI=1S/C12H20N4O3/c1-11(2,3)19-10(18)14-9-15-12(5-6-13-7-12)8(17)16(9)4/h13H,5-7H2,1-4H3,(H,14,15,18). The zero-order chi connectivity index (χ0) is 14.3. The second-order valence-electron chi connectivity index (χ2n) is 5.88. The van der Waals surface area contributed by atoms with Crippen LogP contribution in [0.25, 0.3) is 0 Å². The molecule has 0 bridgehead atoms. The second-order valence-corrected chi connectivity index (χ2v) is 5.88. The number of nitrogens with one attached hydrogen (secondary N) is 2. The zero-order valence-electron chi connectivity index (χ0n) is 11.7. The molecular weight excluding hydrogens is 248 g/mol. The van der Waals surface area contributed by atoms with Gasteiger partial charge in [0.15, 0.2) is 5.54 Å². The van der Waals surface area contributed by atoms with Crippen LogP contribution in [0.4, 0.5) is 4.79 Å². The maximum atomic E-state index is 12.2. The Kier molecular flexibility index (Phi) is 3.25. The van der Waals surface area contributed by atoms with Gasteiger partial charge >= 0.3 is 6.09 Å². The fourth-order valence-electron chi connectivity index (χ4n) is 2.20. The molecule has 0 radical (unpaired) electrons. The summed E-state index contributed by atoms with van der Waals surface area (Å²) in [5.74, 6) is 0.159. The van der Waals surface area contributed by atoms with E-state index >= 15 is 0 Å². The first kappa shape index (κ1) is 13.8. The van der Waals surface area contributed by atoms with Crippen LogP contribution in [0.5, 0.6) is 0 Å². The van der Waals surface area contributed by atoms with Crippen LogP contribution in [-0.2, 0) is 9.53 Å². The molecule has 7 heteroatoms. The molecule has 0 aliphatic carbocycles. The van der Waals surface area contributed by atoms with Gasteiger partial charge in [-0.2, -0.15) is 0 Å². The van der Waals surface area contributed by atoms with Crippen molar-refractivity contribution < 1.29 is 14.3 Å². The number of amides is 2. The van der Waals surface area contributed by atoms with E-state index in [-0.39, 0.29) is 11.9 Å². The van der Waals surface area contributed by atoms with Crippen molar-refractivity contribution in [3.05, 3.63) is 0 Å². The molecule has 2 rings (SSSR count). The van der Waals surface area contributed by atoms with E-state index in [0.29, 0.717) is 13.0 Å². The molecule has 0 saturated carbocycles. The van der Waals surface area contributed by atoms with Gasteiger partial charge in [-0.3, -0.25) is 15.0 Å². The van der Waals surface area contributed by atoms with Gasteiger partial charge in [0.25, 0.3) is 5.91 Å². The number of rotatable bonds is 0. The lowest BCUT2D eigenvalue weighted by molar-refractivity contribution is -0.129. The van der Waals surface area contributed by atoms with Crippen molar-refractivity contribution in [2.45, 2.75) is 38.3 Å². The summed E-state index contributed by atoms with van der Waals surface area (Å²) in [5, 5.41) is 5.65. The van der Waals surface area contributed by atoms with E-state index in [2.05, 4.69) is 15.6 Å². The van der Waals surface area contributed by atoms with Crippen molar-refractivity contribution in [3.8, 4) is 0 Å². The number of nitrogens with zero attached hydrogens (tertiary/aromatic N) is 2. The number of carbonyl (C=O) groups is 2. The maximum Gasteiger partial charge on any atom is 0.414 e. The van der Waals surface area contributed by atoms with Gasteiger partial charge < -0.3 is 10.1 Å². The van der Waals surface area contributed by atoms with Crippen LogP contribution in [0.2, 0.25) is 0 Å². The third-order valence-electron chi connectivity index (χ3n) is 3.09. The normalized spacial score (nSPS) is 26.8. The van der Waals surface area contributed by atoms with Crippen LogP contribution in [0, 0.1) is 0 Å². The van der Waals surface area contributed by atoms with Crippen LogP contribution < -0.4 is 10.6 Å². The summed E-state index contributed by atoms with van der Waals surface area (Å²) in [7, 11) is 1.60. The van der Waals surface area contributed by atoms with Crippen LogP contribution in [0.3, 0.4) is 0 Å². The minimum Gasteiger partial charge on any atom is -0.444 e. The van der Waals surface area contributed by atoms with Gasteiger partial charge in [0.2, 0.25) is 5.96 Å². The Morgan fingerprint density at radius 1 is 1.53 bits per heavy atom. The lowest BCUT2D eigenvalue weighted by Gasteiger charge is -2.21. The first-order valence-corrected chi connectivity index (χ1v) is 6.32. The lowest BCUT2D eigenvalue weighted by Crippen LogP contribution is -2.46. The molecule has 1 fully saturated rings. The lowest BCUT2D eigenvalue weighted by atomic mass is 9.99. The van der Waals surface area contributed by atoms with Crippen LogP contribution >= 0.6 is 0 Å². The Morgan fingerprint density at radius 2 is 2.21 bits per heavy atom. The van der Waals surface area contributed by atoms with Crippen molar-refractivity contribution >= 4 is 18.0 Å². The molecule has 2 aliphatic rings. The molecule has 0 aromatic carbocycles. The van der Waals surface area contributed by atoms with Crippen molar-refractivity contribution in [3.63, 3.8) is 0 Å². The monoisotopic (exact) mass is 268 g/mol. The number of aliphatic imine (C=N–C) groups is 1. The molecule has 2 heterocycles. The Bertz CT molecular complexity index is 433. The first-order valence-electron chi connectivity index (χ1n) is 6.32. The topological polar surface area (TPSA) is 83.0 Å². The molecular formula is C12H20N4O3. The van der Waals surface area contributed by atoms with Crippen LogP contribution in [0.15, 0.2) is 4.99 Å². The number of hydrogen-bond acceptors (Lipinski definition) is 5. The maximum absolute atomic E-state index is 12.2. The molecule has 1 unspecified atom stereocenters. The third kappa shape index (κ3) is 2.70. The highest BCUT2D eigenvalue weighted by atomic mass is 16.6. The molecule has 2 aliphatic heterocycles. The molecule has 19 heavy (non-hydrogen) atoms. The molecule has 2 amide bonds. The van der Waals surface area contributed by atoms with E-state index in [9.17, 15) is 9.59 Å². The largest absolute Gasteiger partial charge is 0.444 e. The fraction of sp³-hybridized carbons (Fsp3) is 0.750. The molecule has 1 atom stereocenters. The van der Waals surface area contributed by atoms with E-state index in [1.54, 1.807) is 27.8 Å². The average molecular weight is 268 g/mol. The van der Waals surface area contributed by atoms with E-state index in [1.807, 2.05) is 0 Å². The molecule has 1 spiro atoms. The predicted molar refractivity (Wildman–Crippen MR) is 69.8 cm³/mol. The quantitative estimate of drug-likeness (QED) is 0.651. The highest BCUT2D eigenvalue weighted by Crippen LogP contribution is 2.27. The summed E-state index contributed by atoms with van der Waals surface area (Å²) in [4.78, 5) is 29.6. The Hall–Kier alpha value is -1.63. The Balaban J connectivity index is 2.08. The van der Waals surface area contributed by atoms with Gasteiger partial charge in [-0.25, -0.2) is 9.79 Å². The van der Waals surface area contributed by atoms with Gasteiger partial charge in [0.1, 0.15) is 5.60 Å². The van der Waals surface area contributed by atoms with Crippen molar-refractivity contribution in [1.82, 2.24) is 15.5 Å². The minimum absolute atomic E-state index is 0.0939. The summed E-state index contributed by atoms with van der Waals surface area (Å²) < 4.78 is 5.15. The summed E-state index contributed by atoms with van der Waals surface area (Å²) in [6.45, 7) is 6.60. The molecule has 2 N–H and O–H groups in total. The molecule has 7 nitrogen and oxygen atoms in total. The SMILES string of the molecule is CN1C(=O)C2(CCNC2)N=C1NC(=O)OC(C)(C)C. The summed E-state index contributed by atoms with van der Waals surface area (Å²) in [5.41, 5.74) is -1.34. The van der Waals surface area contributed by atoms with Crippen molar-refractivity contribution in [1.29, 1.82) is 0 Å². The number of alkyl carbamates (subject to hydrolysis) is 1. The molecule has 1 saturated heterocycles. The molecule has 0 aromatic heterocycles. The van der Waals surface area contributed by atoms with Gasteiger partial charge in [0, 0.05) is 13.6 Å². The fourth-order valence-corrected chi connectivity index (χ4v) is 2.20. The zero-order valence-corrected chi connectivity index (χ0v) is 11.7. The number of hydrogen-bond donors (Lipinski definition) is 2. The van der Waals surface area contributed by atoms with Crippen molar-refractivity contribution in [2.24, 2.45) is 4.99 Å². The smallest absolute Gasteiger partial charge is 0.414 e. The minimum atomic E-state index is -0.751. The van der Waals surface area contributed by atoms with E-state index in [1.165, 1.54) is 4.90 Å². The first-order chi connectivity index (χ1) is 8.73. The van der Waals surface area contributed by atoms with E-state index < -0.39 is 17.2 Å². The molecule has 0 aromatic rings. The average Bonchev–Trinajstić information content (AvgIpc) is 2.80. The summed E-state index contributed by atoms with van der Waals surface area (Å²) in [6, 6.07) is 0. The molecule has 106 valence electrons. The number of likely N-dealkylation sites (N-methyl/N-ethyl adjacent to an activating group) is 1. The van der Waals surface area contributed by atoms with Gasteiger partial charge in [-0.05, 0) is 33.7 Å². The van der Waals surface area contributed by atoms with E-state index in [4.69, 9.17) is 4.74 Å². The van der Waals surface area contributed by atoms with Crippen LogP contribution in [-0.4, -0.2) is 54.1 Å². The summed E-state index contributed by atoms with van der Waals surface area (Å²) >= 11 is 0. The predicted octanol–water partition coefficient (Wildman–Crippen LogP) is 0.0712. The second kappa shape index (κ2) is 4.48. The Labute approximate surface area is 112 Å². The highest BCUT2D eigenvalue weighted by molar-refractivity contribution is 6.11. The number of guanidine groups is 1. The van der Waals surface area contributed by atoms with Crippen LogP contribution in [0.1, 0.15) is 27.2 Å². The van der Waals surface area contributed by atoms with Gasteiger partial charge in [0.05, 0.1) is 0 Å². The number of carbonyl (C=O) groups excluding carboxylic acids is 2. The number of ether oxygens (including phenoxy) is 1.